The molecule has 1 atom stereocenters. The lowest BCUT2D eigenvalue weighted by molar-refractivity contribution is -0.188. The van der Waals surface area contributed by atoms with Crippen LogP contribution >= 0.6 is 0 Å². The van der Waals surface area contributed by atoms with E-state index in [1.165, 1.54) is 49.3 Å². The Morgan fingerprint density at radius 3 is 2.10 bits per heavy atom. The second-order valence-corrected chi connectivity index (χ2v) is 15.2. The van der Waals surface area contributed by atoms with Crippen LogP contribution in [0.25, 0.3) is 0 Å². The highest BCUT2D eigenvalue weighted by atomic mass is 32.2. The number of carbonyl (C=O) groups is 1. The summed E-state index contributed by atoms with van der Waals surface area (Å²) < 4.78 is 70.9. The van der Waals surface area contributed by atoms with Crippen molar-refractivity contribution < 1.29 is 31.1 Å². The van der Waals surface area contributed by atoms with Crippen LogP contribution in [0, 0.1) is 11.2 Å². The number of piperidine rings is 1. The van der Waals surface area contributed by atoms with Gasteiger partial charge in [0.05, 0.1) is 26.6 Å². The summed E-state index contributed by atoms with van der Waals surface area (Å²) in [4.78, 5) is 13.8. The van der Waals surface area contributed by atoms with Crippen LogP contribution < -0.4 is 10.0 Å². The number of nitrogens with one attached hydrogen (secondary N) is 2. The molecule has 13 heteroatoms. The molecule has 2 aliphatic heterocycles. The zero-order valence-corrected chi connectivity index (χ0v) is 24.3. The van der Waals surface area contributed by atoms with Gasteiger partial charge < -0.3 is 10.4 Å². The Bertz CT molecular complexity index is 1480. The zero-order chi connectivity index (χ0) is 29.0. The molecule has 2 aliphatic rings. The number of halogens is 1. The number of sulfonamides is 2. The van der Waals surface area contributed by atoms with Crippen LogP contribution in [-0.2, 0) is 25.6 Å². The second kappa shape index (κ2) is 9.72. The molecule has 1 spiro atoms. The van der Waals surface area contributed by atoms with Crippen molar-refractivity contribution in [3.8, 4) is 0 Å². The molecule has 0 aliphatic carbocycles. The van der Waals surface area contributed by atoms with Crippen LogP contribution in [-0.4, -0.2) is 70.0 Å². The number of carboxylic acid groups (broad SMARTS) is 1. The van der Waals surface area contributed by atoms with Gasteiger partial charge in [0.15, 0.2) is 0 Å². The van der Waals surface area contributed by atoms with Crippen molar-refractivity contribution in [3.63, 3.8) is 0 Å². The highest BCUT2D eigenvalue weighted by Crippen LogP contribution is 2.64. The molecule has 0 radical (unpaired) electrons. The molecule has 2 saturated heterocycles. The van der Waals surface area contributed by atoms with Gasteiger partial charge in [-0.15, -0.1) is 0 Å². The van der Waals surface area contributed by atoms with Crippen molar-refractivity contribution in [2.24, 2.45) is 5.41 Å². The largest absolute Gasteiger partial charge is 0.465 e. The van der Waals surface area contributed by atoms with Gasteiger partial charge in [-0.3, -0.25) is 9.62 Å². The Morgan fingerprint density at radius 2 is 1.59 bits per heavy atom. The van der Waals surface area contributed by atoms with E-state index in [0.717, 1.165) is 16.4 Å². The second-order valence-electron chi connectivity index (χ2n) is 11.4. The van der Waals surface area contributed by atoms with Gasteiger partial charge >= 0.3 is 6.09 Å². The van der Waals surface area contributed by atoms with Crippen LogP contribution in [0.15, 0.2) is 52.3 Å². The average Bonchev–Trinajstić information content (AvgIpc) is 2.82. The Morgan fingerprint density at radius 1 is 1.03 bits per heavy atom. The Labute approximate surface area is 229 Å². The van der Waals surface area contributed by atoms with Crippen LogP contribution in [0.5, 0.6) is 0 Å². The van der Waals surface area contributed by atoms with Crippen molar-refractivity contribution in [1.29, 1.82) is 0 Å². The predicted octanol–water partition coefficient (Wildman–Crippen LogP) is 3.62. The van der Waals surface area contributed by atoms with Crippen molar-refractivity contribution in [1.82, 2.24) is 14.5 Å². The quantitative estimate of drug-likeness (QED) is 0.473. The molecule has 0 aromatic heterocycles. The monoisotopic (exact) mass is 582 g/mol. The fraction of sp³-hybridized carbons (Fsp3) is 0.500. The van der Waals surface area contributed by atoms with Gasteiger partial charge in [-0.05, 0) is 74.2 Å². The van der Waals surface area contributed by atoms with E-state index in [-0.39, 0.29) is 21.0 Å². The fourth-order valence-electron chi connectivity index (χ4n) is 6.02. The van der Waals surface area contributed by atoms with Crippen molar-refractivity contribution in [2.45, 2.75) is 60.9 Å². The molecule has 2 aromatic carbocycles. The summed E-state index contributed by atoms with van der Waals surface area (Å²) >= 11 is 0. The number of amides is 1. The first kappa shape index (κ1) is 29.2. The zero-order valence-electron chi connectivity index (χ0n) is 22.7. The Balaban J connectivity index is 1.81. The molecule has 0 bridgehead atoms. The van der Waals surface area contributed by atoms with E-state index in [9.17, 15) is 26.7 Å². The molecule has 2 fully saturated rings. The van der Waals surface area contributed by atoms with Crippen LogP contribution in [0.3, 0.4) is 0 Å². The topological polar surface area (TPSA) is 136 Å². The molecular formula is C26H35FN4O6S2. The third-order valence-electron chi connectivity index (χ3n) is 7.99. The molecule has 1 unspecified atom stereocenters. The summed E-state index contributed by atoms with van der Waals surface area (Å²) in [7, 11) is -5.33. The van der Waals surface area contributed by atoms with Crippen LogP contribution in [0.4, 0.5) is 14.9 Å². The lowest BCUT2D eigenvalue weighted by Gasteiger charge is -2.70. The van der Waals surface area contributed by atoms with Gasteiger partial charge in [0, 0.05) is 19.7 Å². The van der Waals surface area contributed by atoms with Crippen molar-refractivity contribution in [2.75, 3.05) is 31.9 Å². The summed E-state index contributed by atoms with van der Waals surface area (Å²) in [5.74, 6) is -0.715. The normalized spacial score (nSPS) is 21.6. The first-order valence-corrected chi connectivity index (χ1v) is 15.5. The summed E-state index contributed by atoms with van der Waals surface area (Å²) in [6, 6.07) is 8.68. The summed E-state index contributed by atoms with van der Waals surface area (Å²) in [5, 5.41) is 13.7. The van der Waals surface area contributed by atoms with Gasteiger partial charge in [-0.1, -0.05) is 26.8 Å². The Kier molecular flexibility index (Phi) is 7.29. The van der Waals surface area contributed by atoms with Crippen molar-refractivity contribution >= 4 is 31.8 Å². The van der Waals surface area contributed by atoms with Gasteiger partial charge in [0.1, 0.15) is 5.82 Å². The molecule has 214 valence electrons. The third-order valence-corrected chi connectivity index (χ3v) is 11.2. The molecule has 2 aromatic rings. The van der Waals surface area contributed by atoms with E-state index in [1.54, 1.807) is 0 Å². The lowest BCUT2D eigenvalue weighted by atomic mass is 9.53. The summed E-state index contributed by atoms with van der Waals surface area (Å²) in [5.41, 5.74) is -2.92. The van der Waals surface area contributed by atoms with E-state index in [4.69, 9.17) is 0 Å². The number of hydrogen-bond donors (Lipinski definition) is 3. The first-order valence-electron chi connectivity index (χ1n) is 12.6. The summed E-state index contributed by atoms with van der Waals surface area (Å²) in [6.07, 6.45) is 0.279. The number of benzene rings is 2. The molecule has 2 heterocycles. The number of anilines is 1. The molecule has 10 nitrogen and oxygen atoms in total. The van der Waals surface area contributed by atoms with E-state index in [1.807, 2.05) is 20.8 Å². The van der Waals surface area contributed by atoms with E-state index >= 15 is 4.39 Å². The van der Waals surface area contributed by atoms with E-state index in [0.29, 0.717) is 32.4 Å². The van der Waals surface area contributed by atoms with Gasteiger partial charge in [0.2, 0.25) is 10.0 Å². The van der Waals surface area contributed by atoms with Crippen LogP contribution in [0.2, 0.25) is 0 Å². The van der Waals surface area contributed by atoms with Crippen LogP contribution in [0.1, 0.15) is 45.6 Å². The van der Waals surface area contributed by atoms with E-state index in [2.05, 4.69) is 10.0 Å². The molecule has 1 amide bonds. The highest BCUT2D eigenvalue weighted by molar-refractivity contribution is 7.92. The molecule has 3 N–H and O–H groups in total. The third kappa shape index (κ3) is 4.68. The SMILES string of the molecule is CN(C)S(=O)(=O)c1ccc(S(=O)(=O)Nc2cccc(F)c2C2(C(C)(C)C)CC3(CCNCC3)N2C(=O)O)cc1. The van der Waals surface area contributed by atoms with Gasteiger partial charge in [-0.25, -0.2) is 30.3 Å². The predicted molar refractivity (Wildman–Crippen MR) is 145 cm³/mol. The molecular weight excluding hydrogens is 547 g/mol. The maximum Gasteiger partial charge on any atom is 0.408 e. The number of hydrogen-bond acceptors (Lipinski definition) is 6. The summed E-state index contributed by atoms with van der Waals surface area (Å²) in [6.45, 7) is 6.73. The maximum absolute atomic E-state index is 15.8. The molecule has 0 saturated carbocycles. The Hall–Kier alpha value is -2.74. The van der Waals surface area contributed by atoms with Gasteiger partial charge in [0.25, 0.3) is 10.0 Å². The minimum absolute atomic E-state index is 0.0283. The highest BCUT2D eigenvalue weighted by Gasteiger charge is 2.69. The maximum atomic E-state index is 15.8. The average molecular weight is 583 g/mol. The van der Waals surface area contributed by atoms with E-state index < -0.39 is 48.4 Å². The molecule has 4 rings (SSSR count). The minimum atomic E-state index is -4.30. The number of nitrogens with zero attached hydrogens (tertiary/aromatic N) is 2. The minimum Gasteiger partial charge on any atom is -0.465 e. The molecule has 39 heavy (non-hydrogen) atoms. The standard InChI is InChI=1S/C26H35FN4O6S2/c1-24(2,3)26(17-25(31(26)23(32)33)13-15-28-16-14-25)22-20(27)7-6-8-21(22)29-38(34,35)18-9-11-19(12-10-18)39(36,37)30(4)5/h6-12,28-29H,13-17H2,1-5H3,(H,32,33). The fourth-order valence-corrected chi connectivity index (χ4v) is 7.99. The lowest BCUT2D eigenvalue weighted by Crippen LogP contribution is -2.78. The van der Waals surface area contributed by atoms with Crippen molar-refractivity contribution in [3.05, 3.63) is 53.8 Å². The first-order chi connectivity index (χ1) is 18.0. The smallest absolute Gasteiger partial charge is 0.408 e. The van der Waals surface area contributed by atoms with Gasteiger partial charge in [-0.2, -0.15) is 0 Å². The number of rotatable bonds is 6. The number of likely N-dealkylation sites (tertiary alicyclic amines) is 1.